The van der Waals surface area contributed by atoms with Crippen LogP contribution in [-0.4, -0.2) is 24.0 Å². The quantitative estimate of drug-likeness (QED) is 0.780. The number of allylic oxidation sites excluding steroid dienone is 2. The van der Waals surface area contributed by atoms with Gasteiger partial charge in [0.2, 0.25) is 5.91 Å². The Balaban J connectivity index is 2.15. The van der Waals surface area contributed by atoms with E-state index in [1.165, 1.54) is 18.7 Å². The van der Waals surface area contributed by atoms with E-state index in [9.17, 15) is 4.79 Å². The number of amides is 1. The van der Waals surface area contributed by atoms with E-state index in [2.05, 4.69) is 47.9 Å². The molecule has 0 saturated carbocycles. The fourth-order valence-electron chi connectivity index (χ4n) is 2.30. The highest BCUT2D eigenvalue weighted by Gasteiger charge is 2.06. The van der Waals surface area contributed by atoms with Gasteiger partial charge in [-0.25, -0.2) is 4.99 Å². The van der Waals surface area contributed by atoms with Gasteiger partial charge < -0.3 is 0 Å². The molecular formula is C17H19N3O. The molecule has 21 heavy (non-hydrogen) atoms. The summed E-state index contributed by atoms with van der Waals surface area (Å²) < 4.78 is 0. The summed E-state index contributed by atoms with van der Waals surface area (Å²) in [6.45, 7) is 7.62. The van der Waals surface area contributed by atoms with Crippen LogP contribution >= 0.6 is 0 Å². The third-order valence-corrected chi connectivity index (χ3v) is 3.15. The molecule has 0 aliphatic carbocycles. The summed E-state index contributed by atoms with van der Waals surface area (Å²) in [6, 6.07) is 4.24. The fraction of sp³-hybridized carbons (Fsp3) is 0.294. The molecule has 0 aromatic heterocycles. The largest absolute Gasteiger partial charge is 0.273 e. The molecule has 0 saturated heterocycles. The highest BCUT2D eigenvalue weighted by Crippen LogP contribution is 2.25. The number of hydrogen-bond acceptors (Lipinski definition) is 3. The zero-order valence-corrected chi connectivity index (χ0v) is 12.8. The molecule has 108 valence electrons. The zero-order valence-electron chi connectivity index (χ0n) is 12.8. The van der Waals surface area contributed by atoms with Crippen LogP contribution < -0.4 is 0 Å². The van der Waals surface area contributed by atoms with Crippen LogP contribution in [0.5, 0.6) is 0 Å². The normalized spacial score (nSPS) is 14.9. The van der Waals surface area contributed by atoms with Crippen molar-refractivity contribution in [2.24, 2.45) is 15.0 Å². The van der Waals surface area contributed by atoms with Gasteiger partial charge in [-0.1, -0.05) is 23.8 Å². The second-order valence-electron chi connectivity index (χ2n) is 5.22. The molecule has 1 aromatic carbocycles. The molecule has 1 heterocycles. The van der Waals surface area contributed by atoms with Crippen molar-refractivity contribution in [2.45, 2.75) is 34.1 Å². The molecule has 0 radical (unpaired) electrons. The van der Waals surface area contributed by atoms with Crippen molar-refractivity contribution in [3.8, 4) is 0 Å². The van der Waals surface area contributed by atoms with Gasteiger partial charge in [0.1, 0.15) is 0 Å². The Kier molecular flexibility index (Phi) is 4.58. The lowest BCUT2D eigenvalue weighted by atomic mass is 10.1. The Bertz CT molecular complexity index is 671. The van der Waals surface area contributed by atoms with Crippen LogP contribution in [0.25, 0.3) is 0 Å². The molecule has 0 N–H and O–H groups in total. The summed E-state index contributed by atoms with van der Waals surface area (Å²) in [6.07, 6.45) is 5.94. The predicted molar refractivity (Wildman–Crippen MR) is 88.1 cm³/mol. The van der Waals surface area contributed by atoms with E-state index in [0.717, 1.165) is 28.2 Å². The Labute approximate surface area is 125 Å². The SMILES string of the molecule is CC(=O)N=CC1=NC(C=Nc2c(C)cc(C)cc2C)=CC1. The van der Waals surface area contributed by atoms with Gasteiger partial charge in [0.25, 0.3) is 0 Å². The summed E-state index contributed by atoms with van der Waals surface area (Å²) in [7, 11) is 0. The second-order valence-corrected chi connectivity index (χ2v) is 5.22. The lowest BCUT2D eigenvalue weighted by molar-refractivity contribution is -0.115. The molecule has 2 rings (SSSR count). The first kappa shape index (κ1) is 15.0. The van der Waals surface area contributed by atoms with E-state index in [1.807, 2.05) is 6.08 Å². The van der Waals surface area contributed by atoms with Crippen molar-refractivity contribution in [1.82, 2.24) is 0 Å². The number of nitrogens with zero attached hydrogens (tertiary/aromatic N) is 3. The minimum Gasteiger partial charge on any atom is -0.273 e. The topological polar surface area (TPSA) is 54.1 Å². The number of rotatable bonds is 3. The molecular weight excluding hydrogens is 262 g/mol. The van der Waals surface area contributed by atoms with Crippen LogP contribution in [-0.2, 0) is 4.79 Å². The van der Waals surface area contributed by atoms with Crippen LogP contribution in [0.1, 0.15) is 30.0 Å². The smallest absolute Gasteiger partial charge is 0.242 e. The lowest BCUT2D eigenvalue weighted by Gasteiger charge is -2.06. The molecule has 0 atom stereocenters. The van der Waals surface area contributed by atoms with E-state index in [0.29, 0.717) is 6.42 Å². The number of benzene rings is 1. The highest BCUT2D eigenvalue weighted by molar-refractivity contribution is 6.34. The maximum Gasteiger partial charge on any atom is 0.242 e. The van der Waals surface area contributed by atoms with Gasteiger partial charge in [0, 0.05) is 13.3 Å². The molecule has 1 aliphatic heterocycles. The number of carbonyl (C=O) groups excluding carboxylic acids is 1. The number of aryl methyl sites for hydroxylation is 3. The first-order valence-corrected chi connectivity index (χ1v) is 6.90. The van der Waals surface area contributed by atoms with Crippen LogP contribution in [0.4, 0.5) is 5.69 Å². The summed E-state index contributed by atoms with van der Waals surface area (Å²) in [4.78, 5) is 23.4. The summed E-state index contributed by atoms with van der Waals surface area (Å²) in [5.74, 6) is -0.217. The van der Waals surface area contributed by atoms with E-state index in [-0.39, 0.29) is 5.91 Å². The zero-order chi connectivity index (χ0) is 15.4. The van der Waals surface area contributed by atoms with Crippen LogP contribution in [0, 0.1) is 20.8 Å². The monoisotopic (exact) mass is 281 g/mol. The minimum absolute atomic E-state index is 0.217. The molecule has 1 amide bonds. The molecule has 0 bridgehead atoms. The van der Waals surface area contributed by atoms with Crippen molar-refractivity contribution in [3.05, 3.63) is 40.6 Å². The van der Waals surface area contributed by atoms with Crippen molar-refractivity contribution in [2.75, 3.05) is 0 Å². The lowest BCUT2D eigenvalue weighted by Crippen LogP contribution is -1.96. The number of hydrogen-bond donors (Lipinski definition) is 0. The first-order valence-electron chi connectivity index (χ1n) is 6.90. The number of aliphatic imine (C=N–C) groups is 3. The van der Waals surface area contributed by atoms with Gasteiger partial charge in [0.15, 0.2) is 0 Å². The molecule has 4 heteroatoms. The second kappa shape index (κ2) is 6.39. The van der Waals surface area contributed by atoms with E-state index < -0.39 is 0 Å². The third-order valence-electron chi connectivity index (χ3n) is 3.15. The van der Waals surface area contributed by atoms with Crippen molar-refractivity contribution >= 4 is 29.7 Å². The minimum atomic E-state index is -0.217. The van der Waals surface area contributed by atoms with Crippen LogP contribution in [0.15, 0.2) is 38.9 Å². The Morgan fingerprint density at radius 1 is 1.19 bits per heavy atom. The highest BCUT2D eigenvalue weighted by atomic mass is 16.1. The van der Waals surface area contributed by atoms with Crippen LogP contribution in [0.2, 0.25) is 0 Å². The third kappa shape index (κ3) is 4.05. The maximum absolute atomic E-state index is 10.8. The standard InChI is InChI=1S/C17H19N3O/c1-11-7-12(2)17(13(3)8-11)19-10-16-6-5-15(20-16)9-18-14(4)21/h6-10H,5H2,1-4H3. The number of carbonyl (C=O) groups is 1. The van der Waals surface area contributed by atoms with E-state index in [1.54, 1.807) is 6.21 Å². The maximum atomic E-state index is 10.8. The fourth-order valence-corrected chi connectivity index (χ4v) is 2.30. The summed E-state index contributed by atoms with van der Waals surface area (Å²) in [5.41, 5.74) is 6.13. The molecule has 0 spiro atoms. The van der Waals surface area contributed by atoms with Crippen molar-refractivity contribution < 1.29 is 4.79 Å². The average Bonchev–Trinajstić information content (AvgIpc) is 2.83. The summed E-state index contributed by atoms with van der Waals surface area (Å²) in [5, 5.41) is 0. The molecule has 0 fully saturated rings. The van der Waals surface area contributed by atoms with Crippen LogP contribution in [0.3, 0.4) is 0 Å². The first-order chi connectivity index (χ1) is 9.95. The van der Waals surface area contributed by atoms with E-state index >= 15 is 0 Å². The van der Waals surface area contributed by atoms with Gasteiger partial charge in [-0.2, -0.15) is 0 Å². The van der Waals surface area contributed by atoms with Crippen molar-refractivity contribution in [3.63, 3.8) is 0 Å². The Morgan fingerprint density at radius 2 is 1.86 bits per heavy atom. The molecule has 4 nitrogen and oxygen atoms in total. The molecule has 0 unspecified atom stereocenters. The van der Waals surface area contributed by atoms with E-state index in [4.69, 9.17) is 0 Å². The van der Waals surface area contributed by atoms with Gasteiger partial charge in [-0.05, 0) is 31.9 Å². The Morgan fingerprint density at radius 3 is 2.48 bits per heavy atom. The molecule has 1 aromatic rings. The summed E-state index contributed by atoms with van der Waals surface area (Å²) >= 11 is 0. The average molecular weight is 281 g/mol. The van der Waals surface area contributed by atoms with Gasteiger partial charge in [-0.15, -0.1) is 0 Å². The van der Waals surface area contributed by atoms with Gasteiger partial charge in [-0.3, -0.25) is 14.8 Å². The van der Waals surface area contributed by atoms with Crippen molar-refractivity contribution in [1.29, 1.82) is 0 Å². The predicted octanol–water partition coefficient (Wildman–Crippen LogP) is 3.66. The molecule has 1 aliphatic rings. The van der Waals surface area contributed by atoms with Gasteiger partial charge in [0.05, 0.1) is 29.5 Å². The van der Waals surface area contributed by atoms with Gasteiger partial charge >= 0.3 is 0 Å². The Hall–Kier alpha value is -2.36.